The summed E-state index contributed by atoms with van der Waals surface area (Å²) in [6.45, 7) is 1.16. The second-order valence-corrected chi connectivity index (χ2v) is 2.48. The van der Waals surface area contributed by atoms with Crippen molar-refractivity contribution in [3.05, 3.63) is 12.3 Å². The molecule has 2 rings (SSSR count). The van der Waals surface area contributed by atoms with E-state index in [0.717, 1.165) is 12.5 Å². The molecule has 0 radical (unpaired) electrons. The monoisotopic (exact) mass is 110 g/mol. The van der Waals surface area contributed by atoms with Crippen molar-refractivity contribution in [3.63, 3.8) is 0 Å². The van der Waals surface area contributed by atoms with E-state index in [2.05, 4.69) is 22.9 Å². The van der Waals surface area contributed by atoms with Crippen LogP contribution in [-0.4, -0.2) is 12.7 Å². The van der Waals surface area contributed by atoms with Crippen LogP contribution in [0.1, 0.15) is 6.42 Å². The number of hydrogen-bond donors (Lipinski definition) is 2. The summed E-state index contributed by atoms with van der Waals surface area (Å²) in [6, 6.07) is 0. The van der Waals surface area contributed by atoms with Gasteiger partial charge in [0.1, 0.15) is 0 Å². The van der Waals surface area contributed by atoms with Crippen molar-refractivity contribution >= 4 is 0 Å². The number of rotatable bonds is 0. The molecule has 1 fully saturated rings. The quantitative estimate of drug-likeness (QED) is 0.460. The Morgan fingerprint density at radius 3 is 3.25 bits per heavy atom. The van der Waals surface area contributed by atoms with Gasteiger partial charge in [-0.25, -0.2) is 0 Å². The molecule has 2 aliphatic rings. The number of nitrogens with one attached hydrogen (secondary N) is 2. The minimum Gasteiger partial charge on any atom is -0.376 e. The Morgan fingerprint density at radius 2 is 2.50 bits per heavy atom. The van der Waals surface area contributed by atoms with E-state index < -0.39 is 0 Å². The summed E-state index contributed by atoms with van der Waals surface area (Å²) in [6.07, 6.45) is 6.14. The van der Waals surface area contributed by atoms with E-state index in [1.807, 2.05) is 0 Å². The molecule has 0 aromatic carbocycles. The highest BCUT2D eigenvalue weighted by molar-refractivity contribution is 5.00. The molecule has 2 N–H and O–H groups in total. The fraction of sp³-hybridized carbons (Fsp3) is 0.667. The largest absolute Gasteiger partial charge is 0.376 e. The zero-order valence-corrected chi connectivity index (χ0v) is 4.72. The summed E-state index contributed by atoms with van der Waals surface area (Å²) in [7, 11) is 0. The molecule has 0 aromatic heterocycles. The average Bonchev–Trinajstić information content (AvgIpc) is 2.12. The van der Waals surface area contributed by atoms with Gasteiger partial charge in [-0.15, -0.1) is 0 Å². The third-order valence-electron chi connectivity index (χ3n) is 1.83. The Kier molecular flexibility index (Phi) is 0.815. The van der Waals surface area contributed by atoms with Gasteiger partial charge in [0.2, 0.25) is 0 Å². The van der Waals surface area contributed by atoms with Crippen molar-refractivity contribution in [1.29, 1.82) is 0 Å². The van der Waals surface area contributed by atoms with Crippen LogP contribution in [0.25, 0.3) is 0 Å². The topological polar surface area (TPSA) is 24.1 Å². The van der Waals surface area contributed by atoms with E-state index in [9.17, 15) is 0 Å². The highest BCUT2D eigenvalue weighted by atomic mass is 15.1. The fourth-order valence-electron chi connectivity index (χ4n) is 1.34. The molecule has 2 bridgehead atoms. The summed E-state index contributed by atoms with van der Waals surface area (Å²) in [4.78, 5) is 0. The Labute approximate surface area is 49.0 Å². The van der Waals surface area contributed by atoms with Gasteiger partial charge in [-0.3, -0.25) is 5.32 Å². The van der Waals surface area contributed by atoms with Crippen LogP contribution in [0.4, 0.5) is 0 Å². The van der Waals surface area contributed by atoms with Crippen LogP contribution in [0.2, 0.25) is 0 Å². The Balaban J connectivity index is 2.17. The SMILES string of the molecule is C1=CC2CNC(C2)N1. The summed E-state index contributed by atoms with van der Waals surface area (Å²) in [5.74, 6) is 0.807. The Hall–Kier alpha value is -0.500. The fourth-order valence-corrected chi connectivity index (χ4v) is 1.34. The first-order valence-electron chi connectivity index (χ1n) is 3.11. The first-order valence-corrected chi connectivity index (χ1v) is 3.11. The van der Waals surface area contributed by atoms with Crippen molar-refractivity contribution in [2.75, 3.05) is 6.54 Å². The van der Waals surface area contributed by atoms with Gasteiger partial charge >= 0.3 is 0 Å². The normalized spacial score (nSPS) is 42.0. The predicted molar refractivity (Wildman–Crippen MR) is 32.2 cm³/mol. The molecule has 2 nitrogen and oxygen atoms in total. The van der Waals surface area contributed by atoms with Crippen LogP contribution in [-0.2, 0) is 0 Å². The zero-order chi connectivity index (χ0) is 5.40. The lowest BCUT2D eigenvalue weighted by molar-refractivity contribution is 0.527. The molecule has 0 amide bonds. The molecule has 0 saturated carbocycles. The maximum absolute atomic E-state index is 3.34. The zero-order valence-electron chi connectivity index (χ0n) is 4.72. The minimum atomic E-state index is 0.574. The van der Waals surface area contributed by atoms with Crippen LogP contribution >= 0.6 is 0 Å². The molecule has 8 heavy (non-hydrogen) atoms. The van der Waals surface area contributed by atoms with E-state index in [0.29, 0.717) is 6.17 Å². The number of fused-ring (bicyclic) bond motifs is 2. The number of hydrogen-bond acceptors (Lipinski definition) is 2. The molecular weight excluding hydrogens is 100 g/mol. The third-order valence-corrected chi connectivity index (χ3v) is 1.83. The lowest BCUT2D eigenvalue weighted by atomic mass is 10.1. The lowest BCUT2D eigenvalue weighted by Crippen LogP contribution is -2.33. The highest BCUT2D eigenvalue weighted by Crippen LogP contribution is 2.16. The molecule has 2 heteroatoms. The molecule has 44 valence electrons. The predicted octanol–water partition coefficient (Wildman–Crippen LogP) is 0.0389. The van der Waals surface area contributed by atoms with Crippen molar-refractivity contribution in [3.8, 4) is 0 Å². The summed E-state index contributed by atoms with van der Waals surface area (Å²) < 4.78 is 0. The maximum atomic E-state index is 3.34. The van der Waals surface area contributed by atoms with Gasteiger partial charge in [-0.1, -0.05) is 6.08 Å². The van der Waals surface area contributed by atoms with E-state index in [1.165, 1.54) is 6.42 Å². The third kappa shape index (κ3) is 0.530. The van der Waals surface area contributed by atoms with Gasteiger partial charge in [-0.05, 0) is 18.5 Å². The molecule has 2 atom stereocenters. The highest BCUT2D eigenvalue weighted by Gasteiger charge is 2.23. The van der Waals surface area contributed by atoms with Gasteiger partial charge in [0.05, 0.1) is 6.17 Å². The second kappa shape index (κ2) is 1.49. The molecule has 0 aliphatic carbocycles. The van der Waals surface area contributed by atoms with Crippen molar-refractivity contribution in [2.24, 2.45) is 5.92 Å². The molecule has 0 spiro atoms. The minimum absolute atomic E-state index is 0.574. The van der Waals surface area contributed by atoms with Gasteiger partial charge in [-0.2, -0.15) is 0 Å². The van der Waals surface area contributed by atoms with E-state index in [-0.39, 0.29) is 0 Å². The van der Waals surface area contributed by atoms with Crippen LogP contribution in [0.5, 0.6) is 0 Å². The lowest BCUT2D eigenvalue weighted by Gasteiger charge is -2.13. The van der Waals surface area contributed by atoms with Crippen LogP contribution in [0.3, 0.4) is 0 Å². The van der Waals surface area contributed by atoms with E-state index in [4.69, 9.17) is 0 Å². The molecule has 1 saturated heterocycles. The van der Waals surface area contributed by atoms with Gasteiger partial charge < -0.3 is 5.32 Å². The summed E-state index contributed by atoms with van der Waals surface area (Å²) in [5.41, 5.74) is 0. The molecular formula is C6H10N2. The average molecular weight is 110 g/mol. The van der Waals surface area contributed by atoms with Gasteiger partial charge in [0.25, 0.3) is 0 Å². The smallest absolute Gasteiger partial charge is 0.0769 e. The summed E-state index contributed by atoms with van der Waals surface area (Å²) in [5, 5.41) is 6.56. The van der Waals surface area contributed by atoms with Crippen molar-refractivity contribution in [2.45, 2.75) is 12.6 Å². The standard InChI is InChI=1S/C6H10N2/c1-2-7-6-3-5(1)4-8-6/h1-2,5-8H,3-4H2. The van der Waals surface area contributed by atoms with Gasteiger partial charge in [0.15, 0.2) is 0 Å². The van der Waals surface area contributed by atoms with Crippen molar-refractivity contribution in [1.82, 2.24) is 10.6 Å². The summed E-state index contributed by atoms with van der Waals surface area (Å²) >= 11 is 0. The van der Waals surface area contributed by atoms with Crippen LogP contribution < -0.4 is 10.6 Å². The van der Waals surface area contributed by atoms with E-state index in [1.54, 1.807) is 0 Å². The molecule has 0 aromatic rings. The van der Waals surface area contributed by atoms with E-state index >= 15 is 0 Å². The Bertz CT molecular complexity index is 120. The molecule has 2 aliphatic heterocycles. The Morgan fingerprint density at radius 1 is 1.50 bits per heavy atom. The van der Waals surface area contributed by atoms with Gasteiger partial charge in [0, 0.05) is 6.54 Å². The maximum Gasteiger partial charge on any atom is 0.0769 e. The van der Waals surface area contributed by atoms with Crippen LogP contribution in [0.15, 0.2) is 12.3 Å². The first kappa shape index (κ1) is 4.39. The second-order valence-electron chi connectivity index (χ2n) is 2.48. The van der Waals surface area contributed by atoms with Crippen molar-refractivity contribution < 1.29 is 0 Å². The molecule has 2 heterocycles. The van der Waals surface area contributed by atoms with Crippen LogP contribution in [0, 0.1) is 5.92 Å². The first-order chi connectivity index (χ1) is 3.95. The molecule has 2 unspecified atom stereocenters.